The second kappa shape index (κ2) is 7.49. The predicted molar refractivity (Wildman–Crippen MR) is 92.9 cm³/mol. The number of carboxylic acid groups (broad SMARTS) is 1. The van der Waals surface area contributed by atoms with Crippen LogP contribution < -0.4 is 5.32 Å². The van der Waals surface area contributed by atoms with Crippen LogP contribution in [0, 0.1) is 17.5 Å². The van der Waals surface area contributed by atoms with Crippen LogP contribution in [0.15, 0.2) is 54.6 Å². The molecule has 1 amide bonds. The first kappa shape index (κ1) is 18.4. The van der Waals surface area contributed by atoms with E-state index in [0.717, 1.165) is 10.8 Å². The Morgan fingerprint density at radius 1 is 0.963 bits per heavy atom. The van der Waals surface area contributed by atoms with E-state index in [1.54, 1.807) is 18.2 Å². The van der Waals surface area contributed by atoms with Crippen molar-refractivity contribution in [3.8, 4) is 0 Å². The molecule has 0 fully saturated rings. The lowest BCUT2D eigenvalue weighted by Gasteiger charge is -2.16. The molecule has 0 aliphatic heterocycles. The molecule has 7 heteroatoms. The summed E-state index contributed by atoms with van der Waals surface area (Å²) in [7, 11) is 0. The van der Waals surface area contributed by atoms with Crippen molar-refractivity contribution in [3.05, 3.63) is 83.2 Å². The fourth-order valence-corrected chi connectivity index (χ4v) is 2.88. The summed E-state index contributed by atoms with van der Waals surface area (Å²) in [5, 5.41) is 13.2. The van der Waals surface area contributed by atoms with Gasteiger partial charge in [0.15, 0.2) is 0 Å². The van der Waals surface area contributed by atoms with Gasteiger partial charge in [-0.2, -0.15) is 0 Å². The molecular formula is C20H14F3NO3. The molecule has 2 N–H and O–H groups in total. The Labute approximate surface area is 152 Å². The lowest BCUT2D eigenvalue weighted by Crippen LogP contribution is -2.43. The Kier molecular flexibility index (Phi) is 5.12. The summed E-state index contributed by atoms with van der Waals surface area (Å²) in [5.41, 5.74) is -0.374. The van der Waals surface area contributed by atoms with Crippen molar-refractivity contribution in [1.82, 2.24) is 5.32 Å². The number of halogens is 3. The maximum atomic E-state index is 13.8. The van der Waals surface area contributed by atoms with Crippen LogP contribution in [0.4, 0.5) is 13.2 Å². The minimum Gasteiger partial charge on any atom is -0.480 e. The number of rotatable bonds is 5. The normalized spacial score (nSPS) is 12.0. The van der Waals surface area contributed by atoms with Crippen LogP contribution in [-0.2, 0) is 11.2 Å². The maximum Gasteiger partial charge on any atom is 0.326 e. The summed E-state index contributed by atoms with van der Waals surface area (Å²) in [6, 6.07) is 11.9. The van der Waals surface area contributed by atoms with Crippen LogP contribution in [0.1, 0.15) is 15.9 Å². The molecule has 0 unspecified atom stereocenters. The summed E-state index contributed by atoms with van der Waals surface area (Å²) in [6.07, 6.45) is -0.0904. The van der Waals surface area contributed by atoms with Crippen LogP contribution >= 0.6 is 0 Å². The second-order valence-electron chi connectivity index (χ2n) is 5.95. The molecule has 0 saturated heterocycles. The SMILES string of the molecule is O=C(N[C@@H](Cc1cccc2ccccc12)C(=O)O)c1c(F)cc(F)cc1F. The van der Waals surface area contributed by atoms with Crippen LogP contribution in [0.25, 0.3) is 10.8 Å². The summed E-state index contributed by atoms with van der Waals surface area (Å²) >= 11 is 0. The fraction of sp³-hybridized carbons (Fsp3) is 0.100. The van der Waals surface area contributed by atoms with E-state index in [-0.39, 0.29) is 6.42 Å². The van der Waals surface area contributed by atoms with Gasteiger partial charge < -0.3 is 10.4 Å². The van der Waals surface area contributed by atoms with Gasteiger partial charge in [0.05, 0.1) is 0 Å². The number of hydrogen-bond donors (Lipinski definition) is 2. The smallest absolute Gasteiger partial charge is 0.326 e. The molecule has 1 atom stereocenters. The zero-order valence-electron chi connectivity index (χ0n) is 13.9. The van der Waals surface area contributed by atoms with Gasteiger partial charge >= 0.3 is 5.97 Å². The van der Waals surface area contributed by atoms with Crippen LogP contribution in [0.5, 0.6) is 0 Å². The molecule has 27 heavy (non-hydrogen) atoms. The van der Waals surface area contributed by atoms with E-state index in [4.69, 9.17) is 0 Å². The lowest BCUT2D eigenvalue weighted by molar-refractivity contribution is -0.139. The van der Waals surface area contributed by atoms with E-state index < -0.39 is 40.9 Å². The van der Waals surface area contributed by atoms with Gasteiger partial charge in [0.1, 0.15) is 29.1 Å². The first-order valence-electron chi connectivity index (χ1n) is 8.01. The van der Waals surface area contributed by atoms with E-state index in [9.17, 15) is 27.9 Å². The molecule has 0 aliphatic rings. The predicted octanol–water partition coefficient (Wildman–Crippen LogP) is 3.68. The van der Waals surface area contributed by atoms with E-state index in [1.165, 1.54) is 0 Å². The molecule has 3 rings (SSSR count). The number of benzene rings is 3. The van der Waals surface area contributed by atoms with Gasteiger partial charge in [-0.15, -0.1) is 0 Å². The molecule has 3 aromatic rings. The first-order chi connectivity index (χ1) is 12.9. The molecule has 0 saturated carbocycles. The monoisotopic (exact) mass is 373 g/mol. The Morgan fingerprint density at radius 3 is 2.26 bits per heavy atom. The highest BCUT2D eigenvalue weighted by Crippen LogP contribution is 2.20. The van der Waals surface area contributed by atoms with Gasteiger partial charge in [0.2, 0.25) is 0 Å². The maximum absolute atomic E-state index is 13.8. The molecule has 4 nitrogen and oxygen atoms in total. The molecule has 0 aromatic heterocycles. The molecule has 0 radical (unpaired) electrons. The van der Waals surface area contributed by atoms with Gasteiger partial charge in [-0.05, 0) is 16.3 Å². The summed E-state index contributed by atoms with van der Waals surface area (Å²) in [5.74, 6) is -6.61. The van der Waals surface area contributed by atoms with Crippen molar-refractivity contribution in [2.45, 2.75) is 12.5 Å². The zero-order valence-corrected chi connectivity index (χ0v) is 13.9. The average Bonchev–Trinajstić information content (AvgIpc) is 2.60. The Bertz CT molecular complexity index is 1010. The number of carboxylic acids is 1. The zero-order chi connectivity index (χ0) is 19.6. The number of fused-ring (bicyclic) bond motifs is 1. The van der Waals surface area contributed by atoms with Gasteiger partial charge in [-0.25, -0.2) is 18.0 Å². The average molecular weight is 373 g/mol. The minimum absolute atomic E-state index is 0.0904. The largest absolute Gasteiger partial charge is 0.480 e. The number of amides is 1. The summed E-state index contributed by atoms with van der Waals surface area (Å²) in [4.78, 5) is 23.8. The highest BCUT2D eigenvalue weighted by atomic mass is 19.1. The highest BCUT2D eigenvalue weighted by molar-refractivity contribution is 5.97. The topological polar surface area (TPSA) is 66.4 Å². The van der Waals surface area contributed by atoms with Crippen molar-refractivity contribution in [2.75, 3.05) is 0 Å². The van der Waals surface area contributed by atoms with E-state index in [1.807, 2.05) is 24.3 Å². The quantitative estimate of drug-likeness (QED) is 0.717. The lowest BCUT2D eigenvalue weighted by atomic mass is 9.98. The van der Waals surface area contributed by atoms with Crippen LogP contribution in [-0.4, -0.2) is 23.0 Å². The fourth-order valence-electron chi connectivity index (χ4n) is 2.88. The van der Waals surface area contributed by atoms with Crippen molar-refractivity contribution in [1.29, 1.82) is 0 Å². The number of carbonyl (C=O) groups is 2. The van der Waals surface area contributed by atoms with Crippen molar-refractivity contribution in [3.63, 3.8) is 0 Å². The van der Waals surface area contributed by atoms with Gasteiger partial charge in [0.25, 0.3) is 5.91 Å². The Hall–Kier alpha value is -3.35. The van der Waals surface area contributed by atoms with Crippen molar-refractivity contribution in [2.24, 2.45) is 0 Å². The second-order valence-corrected chi connectivity index (χ2v) is 5.95. The standard InChI is InChI=1S/C20H14F3NO3/c21-13-9-15(22)18(16(23)10-13)19(25)24-17(20(26)27)8-12-6-3-5-11-4-1-2-7-14(11)12/h1-7,9-10,17H,8H2,(H,24,25)(H,26,27)/t17-/m0/s1. The minimum atomic E-state index is -1.42. The van der Waals surface area contributed by atoms with Crippen molar-refractivity contribution < 1.29 is 27.9 Å². The number of hydrogen-bond acceptors (Lipinski definition) is 2. The molecule has 0 aliphatic carbocycles. The van der Waals surface area contributed by atoms with Gasteiger partial charge in [0, 0.05) is 18.6 Å². The van der Waals surface area contributed by atoms with Gasteiger partial charge in [-0.1, -0.05) is 42.5 Å². The third-order valence-corrected chi connectivity index (χ3v) is 4.14. The Balaban J connectivity index is 1.89. The van der Waals surface area contributed by atoms with Gasteiger partial charge in [-0.3, -0.25) is 4.79 Å². The third kappa shape index (κ3) is 3.92. The molecule has 0 heterocycles. The summed E-state index contributed by atoms with van der Waals surface area (Å²) in [6.45, 7) is 0. The number of nitrogens with one attached hydrogen (secondary N) is 1. The van der Waals surface area contributed by atoms with E-state index in [2.05, 4.69) is 5.32 Å². The first-order valence-corrected chi connectivity index (χ1v) is 8.01. The van der Waals surface area contributed by atoms with Crippen molar-refractivity contribution >= 4 is 22.6 Å². The molecular weight excluding hydrogens is 359 g/mol. The highest BCUT2D eigenvalue weighted by Gasteiger charge is 2.26. The molecule has 3 aromatic carbocycles. The summed E-state index contributed by atoms with van der Waals surface area (Å²) < 4.78 is 40.5. The van der Waals surface area contributed by atoms with Crippen LogP contribution in [0.2, 0.25) is 0 Å². The molecule has 0 spiro atoms. The number of carbonyl (C=O) groups excluding carboxylic acids is 1. The third-order valence-electron chi connectivity index (χ3n) is 4.14. The van der Waals surface area contributed by atoms with E-state index in [0.29, 0.717) is 17.7 Å². The molecule has 0 bridgehead atoms. The number of aliphatic carboxylic acids is 1. The van der Waals surface area contributed by atoms with E-state index >= 15 is 0 Å². The Morgan fingerprint density at radius 2 is 1.59 bits per heavy atom. The van der Waals surface area contributed by atoms with Crippen LogP contribution in [0.3, 0.4) is 0 Å². The molecule has 138 valence electrons.